The largest absolute Gasteiger partial charge is 0.416 e. The van der Waals surface area contributed by atoms with E-state index in [1.807, 2.05) is 7.05 Å². The number of likely N-dealkylation sites (N-methyl/N-ethyl adjacent to an activating group) is 1. The van der Waals surface area contributed by atoms with E-state index in [1.54, 1.807) is 0 Å². The van der Waals surface area contributed by atoms with Crippen LogP contribution in [-0.4, -0.2) is 50.7 Å². The number of benzene rings is 1. The Labute approximate surface area is 188 Å². The van der Waals surface area contributed by atoms with Crippen LogP contribution in [0.5, 0.6) is 0 Å². The molecule has 180 valence electrons. The molecule has 5 nitrogen and oxygen atoms in total. The molecule has 0 bridgehead atoms. The van der Waals surface area contributed by atoms with Crippen molar-refractivity contribution in [2.45, 2.75) is 80.9 Å². The summed E-state index contributed by atoms with van der Waals surface area (Å²) in [5.74, 6) is -0.287. The Balaban J connectivity index is 1.46. The van der Waals surface area contributed by atoms with E-state index in [0.29, 0.717) is 44.3 Å². The van der Waals surface area contributed by atoms with E-state index in [2.05, 4.69) is 10.2 Å². The maximum Gasteiger partial charge on any atom is 0.416 e. The third-order valence-corrected chi connectivity index (χ3v) is 8.66. The Morgan fingerprint density at radius 3 is 2.34 bits per heavy atom. The first-order valence-electron chi connectivity index (χ1n) is 11.4. The zero-order valence-electron chi connectivity index (χ0n) is 18.5. The minimum absolute atomic E-state index is 0.00175. The molecule has 1 aromatic carbocycles. The molecule has 0 atom stereocenters. The lowest BCUT2D eigenvalue weighted by Crippen LogP contribution is -2.45. The Kier molecular flexibility index (Phi) is 8.25. The van der Waals surface area contributed by atoms with Gasteiger partial charge >= 0.3 is 6.18 Å². The molecule has 0 spiro atoms. The van der Waals surface area contributed by atoms with Gasteiger partial charge in [-0.15, -0.1) is 0 Å². The van der Waals surface area contributed by atoms with Crippen LogP contribution in [0.2, 0.25) is 0 Å². The zero-order valence-corrected chi connectivity index (χ0v) is 19.4. The molecule has 9 heteroatoms. The lowest BCUT2D eigenvalue weighted by atomic mass is 9.87. The van der Waals surface area contributed by atoms with E-state index >= 15 is 0 Å². The lowest BCUT2D eigenvalue weighted by Gasteiger charge is -2.32. The van der Waals surface area contributed by atoms with Crippen LogP contribution in [0.25, 0.3) is 0 Å². The van der Waals surface area contributed by atoms with Crippen molar-refractivity contribution in [3.63, 3.8) is 0 Å². The standard InChI is InChI=1S/C23H33F3N2O3S/c1-28(20-7-3-2-4-8-20)15-22(29)27-19-12-10-17(11-13-19)16-32(30,31)21-9-5-6-18(14-21)23(24,25)26/h5-6,9,14,17,19-20H,2-4,7-8,10-13,15-16H2,1H3,(H,27,29). The van der Waals surface area contributed by atoms with Crippen LogP contribution in [-0.2, 0) is 20.8 Å². The van der Waals surface area contributed by atoms with Gasteiger partial charge in [0.05, 0.1) is 22.8 Å². The fourth-order valence-corrected chi connectivity index (χ4v) is 6.64. The van der Waals surface area contributed by atoms with Crippen molar-refractivity contribution in [3.05, 3.63) is 29.8 Å². The summed E-state index contributed by atoms with van der Waals surface area (Å²) in [6, 6.07) is 4.43. The van der Waals surface area contributed by atoms with Crippen molar-refractivity contribution in [3.8, 4) is 0 Å². The molecule has 32 heavy (non-hydrogen) atoms. The number of rotatable bonds is 7. The number of amides is 1. The summed E-state index contributed by atoms with van der Waals surface area (Å²) in [4.78, 5) is 14.3. The molecule has 0 radical (unpaired) electrons. The number of hydrogen-bond donors (Lipinski definition) is 1. The van der Waals surface area contributed by atoms with E-state index in [4.69, 9.17) is 0 Å². The summed E-state index contributed by atoms with van der Waals surface area (Å²) in [5.41, 5.74) is -0.955. The lowest BCUT2D eigenvalue weighted by molar-refractivity contribution is -0.137. The summed E-state index contributed by atoms with van der Waals surface area (Å²) in [6.07, 6.45) is 4.00. The molecule has 0 aromatic heterocycles. The smallest absolute Gasteiger partial charge is 0.352 e. The first-order valence-corrected chi connectivity index (χ1v) is 13.1. The summed E-state index contributed by atoms with van der Waals surface area (Å²) < 4.78 is 64.1. The number of nitrogens with one attached hydrogen (secondary N) is 1. The number of halogens is 3. The topological polar surface area (TPSA) is 66.5 Å². The average molecular weight is 475 g/mol. The molecule has 0 saturated heterocycles. The van der Waals surface area contributed by atoms with Gasteiger partial charge in [0.15, 0.2) is 9.84 Å². The fourth-order valence-electron chi connectivity index (χ4n) is 4.90. The van der Waals surface area contributed by atoms with Crippen LogP contribution >= 0.6 is 0 Å². The van der Waals surface area contributed by atoms with Gasteiger partial charge in [0, 0.05) is 12.1 Å². The van der Waals surface area contributed by atoms with Crippen LogP contribution in [0, 0.1) is 5.92 Å². The van der Waals surface area contributed by atoms with Gasteiger partial charge in [0.25, 0.3) is 0 Å². The fraction of sp³-hybridized carbons (Fsp3) is 0.696. The number of carbonyl (C=O) groups is 1. The molecule has 0 unspecified atom stereocenters. The second-order valence-corrected chi connectivity index (χ2v) is 11.3. The number of nitrogens with zero attached hydrogens (tertiary/aromatic N) is 1. The molecule has 0 aliphatic heterocycles. The number of hydrogen-bond acceptors (Lipinski definition) is 4. The van der Waals surface area contributed by atoms with Gasteiger partial charge in [-0.3, -0.25) is 9.69 Å². The first-order chi connectivity index (χ1) is 15.0. The molecule has 2 fully saturated rings. The van der Waals surface area contributed by atoms with Gasteiger partial charge in [0.2, 0.25) is 5.91 Å². The number of alkyl halides is 3. The van der Waals surface area contributed by atoms with E-state index in [9.17, 15) is 26.4 Å². The summed E-state index contributed by atoms with van der Waals surface area (Å²) in [5, 5.41) is 3.07. The molecular weight excluding hydrogens is 441 g/mol. The highest BCUT2D eigenvalue weighted by Gasteiger charge is 2.33. The Morgan fingerprint density at radius 2 is 1.72 bits per heavy atom. The quantitative estimate of drug-likeness (QED) is 0.635. The summed E-state index contributed by atoms with van der Waals surface area (Å²) >= 11 is 0. The Bertz CT molecular complexity index is 875. The predicted octanol–water partition coefficient (Wildman–Crippen LogP) is 4.42. The summed E-state index contributed by atoms with van der Waals surface area (Å²) in [7, 11) is -1.81. The molecule has 1 aromatic rings. The molecular formula is C23H33F3N2O3S. The van der Waals surface area contributed by atoms with Crippen molar-refractivity contribution in [2.75, 3.05) is 19.3 Å². The highest BCUT2D eigenvalue weighted by molar-refractivity contribution is 7.91. The van der Waals surface area contributed by atoms with Gasteiger partial charge in [-0.1, -0.05) is 25.3 Å². The average Bonchev–Trinajstić information content (AvgIpc) is 2.75. The van der Waals surface area contributed by atoms with Crippen LogP contribution in [0.4, 0.5) is 13.2 Å². The molecule has 3 rings (SSSR count). The first kappa shape index (κ1) is 25.0. The monoisotopic (exact) mass is 474 g/mol. The second-order valence-electron chi connectivity index (χ2n) is 9.30. The Morgan fingerprint density at radius 1 is 1.06 bits per heavy atom. The van der Waals surface area contributed by atoms with Gasteiger partial charge in [-0.25, -0.2) is 8.42 Å². The third-order valence-electron chi connectivity index (χ3n) is 6.78. The molecule has 2 aliphatic carbocycles. The van der Waals surface area contributed by atoms with E-state index in [-0.39, 0.29) is 28.5 Å². The van der Waals surface area contributed by atoms with Crippen molar-refractivity contribution in [1.82, 2.24) is 10.2 Å². The van der Waals surface area contributed by atoms with Crippen LogP contribution < -0.4 is 5.32 Å². The van der Waals surface area contributed by atoms with Gasteiger partial charge in [-0.05, 0) is 69.7 Å². The highest BCUT2D eigenvalue weighted by Crippen LogP contribution is 2.32. The summed E-state index contributed by atoms with van der Waals surface area (Å²) in [6.45, 7) is 0.370. The van der Waals surface area contributed by atoms with Crippen molar-refractivity contribution >= 4 is 15.7 Å². The number of carbonyl (C=O) groups excluding carboxylic acids is 1. The minimum Gasteiger partial charge on any atom is -0.352 e. The molecule has 1 amide bonds. The molecule has 0 heterocycles. The highest BCUT2D eigenvalue weighted by atomic mass is 32.2. The number of sulfone groups is 1. The third kappa shape index (κ3) is 6.94. The predicted molar refractivity (Wildman–Crippen MR) is 117 cm³/mol. The molecule has 1 N–H and O–H groups in total. The van der Waals surface area contributed by atoms with Gasteiger partial charge in [0.1, 0.15) is 0 Å². The molecule has 2 aliphatic rings. The van der Waals surface area contributed by atoms with Crippen LogP contribution in [0.3, 0.4) is 0 Å². The molecule has 2 saturated carbocycles. The van der Waals surface area contributed by atoms with Crippen molar-refractivity contribution < 1.29 is 26.4 Å². The maximum absolute atomic E-state index is 12.9. The van der Waals surface area contributed by atoms with Crippen molar-refractivity contribution in [2.24, 2.45) is 5.92 Å². The maximum atomic E-state index is 12.9. The van der Waals surface area contributed by atoms with E-state index < -0.39 is 21.6 Å². The normalized spacial score (nSPS) is 23.3. The van der Waals surface area contributed by atoms with Crippen LogP contribution in [0.1, 0.15) is 63.4 Å². The van der Waals surface area contributed by atoms with Crippen molar-refractivity contribution in [1.29, 1.82) is 0 Å². The van der Waals surface area contributed by atoms with E-state index in [1.165, 1.54) is 25.3 Å². The minimum atomic E-state index is -4.58. The van der Waals surface area contributed by atoms with Crippen LogP contribution in [0.15, 0.2) is 29.2 Å². The zero-order chi connectivity index (χ0) is 23.4. The van der Waals surface area contributed by atoms with Gasteiger partial charge in [-0.2, -0.15) is 13.2 Å². The SMILES string of the molecule is CN(CC(=O)NC1CCC(CS(=O)(=O)c2cccc(C(F)(F)F)c2)CC1)C1CCCCC1. The Hall–Kier alpha value is -1.61. The second kappa shape index (κ2) is 10.5. The van der Waals surface area contributed by atoms with E-state index in [0.717, 1.165) is 25.0 Å². The van der Waals surface area contributed by atoms with Gasteiger partial charge < -0.3 is 5.32 Å².